The van der Waals surface area contributed by atoms with Gasteiger partial charge in [0.25, 0.3) is 5.91 Å². The number of hydrogen-bond acceptors (Lipinski definition) is 3. The van der Waals surface area contributed by atoms with Gasteiger partial charge in [-0.1, -0.05) is 11.8 Å². The van der Waals surface area contributed by atoms with Gasteiger partial charge in [-0.05, 0) is 31.0 Å². The van der Waals surface area contributed by atoms with Gasteiger partial charge in [0.05, 0.1) is 12.7 Å². The highest BCUT2D eigenvalue weighted by Gasteiger charge is 2.20. The van der Waals surface area contributed by atoms with Gasteiger partial charge in [0, 0.05) is 18.7 Å². The molecule has 1 aromatic carbocycles. The van der Waals surface area contributed by atoms with Gasteiger partial charge in [0.15, 0.2) is 0 Å². The second-order valence-corrected chi connectivity index (χ2v) is 4.37. The molecular formula is C15H17NO3. The Balaban J connectivity index is 2.28. The van der Waals surface area contributed by atoms with Crippen molar-refractivity contribution in [2.45, 2.75) is 12.8 Å². The van der Waals surface area contributed by atoms with E-state index in [2.05, 4.69) is 11.8 Å². The van der Waals surface area contributed by atoms with E-state index < -0.39 is 0 Å². The summed E-state index contributed by atoms with van der Waals surface area (Å²) in [7, 11) is 1.56. The van der Waals surface area contributed by atoms with Crippen LogP contribution in [0, 0.1) is 11.8 Å². The Labute approximate surface area is 113 Å². The third-order valence-corrected chi connectivity index (χ3v) is 3.14. The molecule has 1 aliphatic heterocycles. The van der Waals surface area contributed by atoms with Crippen LogP contribution in [0.2, 0.25) is 0 Å². The predicted molar refractivity (Wildman–Crippen MR) is 72.1 cm³/mol. The van der Waals surface area contributed by atoms with Gasteiger partial charge in [-0.3, -0.25) is 4.79 Å². The summed E-state index contributed by atoms with van der Waals surface area (Å²) >= 11 is 0. The fourth-order valence-electron chi connectivity index (χ4n) is 2.18. The molecule has 4 heteroatoms. The quantitative estimate of drug-likeness (QED) is 0.814. The zero-order chi connectivity index (χ0) is 13.7. The first-order chi connectivity index (χ1) is 9.26. The molecule has 100 valence electrons. The van der Waals surface area contributed by atoms with Gasteiger partial charge in [-0.2, -0.15) is 0 Å². The first kappa shape index (κ1) is 13.4. The van der Waals surface area contributed by atoms with Crippen LogP contribution < -0.4 is 4.74 Å². The van der Waals surface area contributed by atoms with E-state index in [1.165, 1.54) is 0 Å². The number of likely N-dealkylation sites (tertiary alicyclic amines) is 1. The molecule has 1 amide bonds. The van der Waals surface area contributed by atoms with E-state index in [0.717, 1.165) is 25.9 Å². The lowest BCUT2D eigenvalue weighted by atomic mass is 10.1. The standard InChI is InChI=1S/C15H17NO3/c1-19-14-7-6-13(11-12(14)5-4-10-17)15(18)16-8-2-3-9-16/h6-7,11,17H,2-3,8-10H2,1H3. The number of methoxy groups -OCH3 is 1. The number of amides is 1. The molecule has 1 saturated heterocycles. The smallest absolute Gasteiger partial charge is 0.253 e. The number of carbonyl (C=O) groups excluding carboxylic acids is 1. The zero-order valence-corrected chi connectivity index (χ0v) is 11.0. The van der Waals surface area contributed by atoms with E-state index in [0.29, 0.717) is 16.9 Å². The molecule has 19 heavy (non-hydrogen) atoms. The van der Waals surface area contributed by atoms with E-state index in [1.807, 2.05) is 4.90 Å². The monoisotopic (exact) mass is 259 g/mol. The Morgan fingerprint density at radius 1 is 1.42 bits per heavy atom. The number of ether oxygens (including phenoxy) is 1. The van der Waals surface area contributed by atoms with Crippen molar-refractivity contribution in [2.75, 3.05) is 26.8 Å². The van der Waals surface area contributed by atoms with Gasteiger partial charge >= 0.3 is 0 Å². The van der Waals surface area contributed by atoms with Crippen molar-refractivity contribution in [3.63, 3.8) is 0 Å². The van der Waals surface area contributed by atoms with E-state index in [9.17, 15) is 4.79 Å². The number of nitrogens with zero attached hydrogens (tertiary/aromatic N) is 1. The number of hydrogen-bond donors (Lipinski definition) is 1. The molecule has 0 unspecified atom stereocenters. The molecule has 1 aromatic rings. The average Bonchev–Trinajstić information content (AvgIpc) is 2.98. The lowest BCUT2D eigenvalue weighted by molar-refractivity contribution is 0.0793. The molecule has 0 aliphatic carbocycles. The summed E-state index contributed by atoms with van der Waals surface area (Å²) in [5.74, 6) is 6.02. The Bertz CT molecular complexity index is 522. The van der Waals surface area contributed by atoms with Crippen LogP contribution in [0.25, 0.3) is 0 Å². The van der Waals surface area contributed by atoms with Gasteiger partial charge in [0.1, 0.15) is 12.4 Å². The van der Waals surface area contributed by atoms with E-state index >= 15 is 0 Å². The minimum atomic E-state index is -0.215. The van der Waals surface area contributed by atoms with Crippen LogP contribution in [-0.2, 0) is 0 Å². The summed E-state index contributed by atoms with van der Waals surface area (Å²) in [4.78, 5) is 14.1. The minimum Gasteiger partial charge on any atom is -0.495 e. The molecule has 0 saturated carbocycles. The maximum absolute atomic E-state index is 12.3. The Morgan fingerprint density at radius 2 is 2.16 bits per heavy atom. The fourth-order valence-corrected chi connectivity index (χ4v) is 2.18. The third-order valence-electron chi connectivity index (χ3n) is 3.14. The average molecular weight is 259 g/mol. The highest BCUT2D eigenvalue weighted by atomic mass is 16.5. The molecule has 1 heterocycles. The van der Waals surface area contributed by atoms with Crippen molar-refractivity contribution < 1.29 is 14.6 Å². The SMILES string of the molecule is COc1ccc(C(=O)N2CCCC2)cc1C#CCO. The Kier molecular flexibility index (Phi) is 4.43. The number of aliphatic hydroxyl groups excluding tert-OH is 1. The first-order valence-corrected chi connectivity index (χ1v) is 6.33. The molecule has 0 spiro atoms. The lowest BCUT2D eigenvalue weighted by Gasteiger charge is -2.15. The molecule has 1 N–H and O–H groups in total. The zero-order valence-electron chi connectivity index (χ0n) is 11.0. The van der Waals surface area contributed by atoms with Gasteiger partial charge in [0.2, 0.25) is 0 Å². The van der Waals surface area contributed by atoms with Crippen molar-refractivity contribution in [3.05, 3.63) is 29.3 Å². The molecule has 0 atom stereocenters. The summed E-state index contributed by atoms with van der Waals surface area (Å²) in [5, 5.41) is 8.75. The normalized spacial score (nSPS) is 13.9. The van der Waals surface area contributed by atoms with Crippen LogP contribution in [0.4, 0.5) is 0 Å². The molecule has 0 radical (unpaired) electrons. The second kappa shape index (κ2) is 6.26. The van der Waals surface area contributed by atoms with Crippen LogP contribution >= 0.6 is 0 Å². The summed E-state index contributed by atoms with van der Waals surface area (Å²) < 4.78 is 5.19. The molecule has 1 aliphatic rings. The summed E-state index contributed by atoms with van der Waals surface area (Å²) in [6, 6.07) is 5.22. The van der Waals surface area contributed by atoms with Gasteiger partial charge < -0.3 is 14.7 Å². The predicted octanol–water partition coefficient (Wildman–Crippen LogP) is 1.27. The van der Waals surface area contributed by atoms with Crippen LogP contribution in [0.3, 0.4) is 0 Å². The minimum absolute atomic E-state index is 0.0344. The molecule has 1 fully saturated rings. The maximum Gasteiger partial charge on any atom is 0.253 e. The Morgan fingerprint density at radius 3 is 2.79 bits per heavy atom. The molecular weight excluding hydrogens is 242 g/mol. The van der Waals surface area contributed by atoms with Crippen LogP contribution in [0.5, 0.6) is 5.75 Å². The second-order valence-electron chi connectivity index (χ2n) is 4.37. The lowest BCUT2D eigenvalue weighted by Crippen LogP contribution is -2.27. The van der Waals surface area contributed by atoms with Crippen LogP contribution in [-0.4, -0.2) is 42.7 Å². The van der Waals surface area contributed by atoms with Crippen LogP contribution in [0.1, 0.15) is 28.8 Å². The number of carbonyl (C=O) groups is 1. The highest BCUT2D eigenvalue weighted by molar-refractivity contribution is 5.95. The third kappa shape index (κ3) is 3.07. The Hall–Kier alpha value is -1.99. The fraction of sp³-hybridized carbons (Fsp3) is 0.400. The summed E-state index contributed by atoms with van der Waals surface area (Å²) in [6.45, 7) is 1.43. The van der Waals surface area contributed by atoms with Crippen molar-refractivity contribution >= 4 is 5.91 Å². The number of rotatable bonds is 2. The molecule has 0 bridgehead atoms. The van der Waals surface area contributed by atoms with Crippen molar-refractivity contribution in [1.82, 2.24) is 4.90 Å². The summed E-state index contributed by atoms with van der Waals surface area (Å²) in [5.41, 5.74) is 1.24. The van der Waals surface area contributed by atoms with E-state index in [-0.39, 0.29) is 12.5 Å². The van der Waals surface area contributed by atoms with E-state index in [4.69, 9.17) is 9.84 Å². The first-order valence-electron chi connectivity index (χ1n) is 6.33. The van der Waals surface area contributed by atoms with Crippen molar-refractivity contribution in [3.8, 4) is 17.6 Å². The van der Waals surface area contributed by atoms with E-state index in [1.54, 1.807) is 25.3 Å². The van der Waals surface area contributed by atoms with Gasteiger partial charge in [-0.25, -0.2) is 0 Å². The largest absolute Gasteiger partial charge is 0.495 e. The topological polar surface area (TPSA) is 49.8 Å². The maximum atomic E-state index is 12.3. The molecule has 2 rings (SSSR count). The van der Waals surface area contributed by atoms with Crippen LogP contribution in [0.15, 0.2) is 18.2 Å². The van der Waals surface area contributed by atoms with Gasteiger partial charge in [-0.15, -0.1) is 0 Å². The summed E-state index contributed by atoms with van der Waals surface area (Å²) in [6.07, 6.45) is 2.14. The number of aliphatic hydroxyl groups is 1. The molecule has 0 aromatic heterocycles. The number of benzene rings is 1. The van der Waals surface area contributed by atoms with Crippen molar-refractivity contribution in [1.29, 1.82) is 0 Å². The highest BCUT2D eigenvalue weighted by Crippen LogP contribution is 2.21. The molecule has 4 nitrogen and oxygen atoms in total. The van der Waals surface area contributed by atoms with Crippen molar-refractivity contribution in [2.24, 2.45) is 0 Å².